The number of ether oxygens (including phenoxy) is 1. The van der Waals surface area contributed by atoms with E-state index < -0.39 is 0 Å². The average Bonchev–Trinajstić information content (AvgIpc) is 2.78. The maximum atomic E-state index is 5.22. The molecule has 0 aromatic heterocycles. The number of rotatable bonds is 5. The number of nitrogens with zero attached hydrogens (tertiary/aromatic N) is 1. The molecular formula is C15H22N2OS. The average molecular weight is 278 g/mol. The zero-order chi connectivity index (χ0) is 13.7. The fraction of sp³-hybridized carbons (Fsp3) is 0.533. The van der Waals surface area contributed by atoms with Crippen LogP contribution in [0, 0.1) is 5.92 Å². The molecule has 1 aromatic rings. The van der Waals surface area contributed by atoms with Crippen molar-refractivity contribution in [2.45, 2.75) is 32.1 Å². The summed E-state index contributed by atoms with van der Waals surface area (Å²) in [4.78, 5) is 4.59. The highest BCUT2D eigenvalue weighted by Crippen LogP contribution is 2.28. The predicted octanol–water partition coefficient (Wildman–Crippen LogP) is 3.76. The third-order valence-corrected chi connectivity index (χ3v) is 4.14. The van der Waals surface area contributed by atoms with Crippen molar-refractivity contribution in [2.75, 3.05) is 19.0 Å². The molecule has 1 heterocycles. The Balaban J connectivity index is 1.95. The van der Waals surface area contributed by atoms with Gasteiger partial charge in [-0.3, -0.25) is 4.99 Å². The molecule has 0 saturated carbocycles. The van der Waals surface area contributed by atoms with E-state index in [9.17, 15) is 0 Å². The van der Waals surface area contributed by atoms with Crippen molar-refractivity contribution < 1.29 is 4.74 Å². The Hall–Kier alpha value is -1.000. The minimum atomic E-state index is 0.622. The number of anilines is 1. The lowest BCUT2D eigenvalue weighted by atomic mass is 10.1. The highest BCUT2D eigenvalue weighted by atomic mass is 32.2. The summed E-state index contributed by atoms with van der Waals surface area (Å²) in [7, 11) is 1.72. The van der Waals surface area contributed by atoms with Crippen LogP contribution in [0.25, 0.3) is 0 Å². The summed E-state index contributed by atoms with van der Waals surface area (Å²) in [6, 6.07) is 8.22. The van der Waals surface area contributed by atoms with Crippen LogP contribution in [0.1, 0.15) is 25.8 Å². The van der Waals surface area contributed by atoms with Crippen molar-refractivity contribution in [3.05, 3.63) is 29.8 Å². The molecule has 0 radical (unpaired) electrons. The van der Waals surface area contributed by atoms with Gasteiger partial charge in [-0.1, -0.05) is 43.8 Å². The number of benzene rings is 1. The van der Waals surface area contributed by atoms with Gasteiger partial charge in [0.25, 0.3) is 0 Å². The summed E-state index contributed by atoms with van der Waals surface area (Å²) in [5.41, 5.74) is 2.27. The number of aliphatic imine (C=N–C) groups is 1. The molecule has 1 N–H and O–H groups in total. The molecule has 1 aromatic carbocycles. The largest absolute Gasteiger partial charge is 0.380 e. The second-order valence-corrected chi connectivity index (χ2v) is 6.52. The van der Waals surface area contributed by atoms with Crippen molar-refractivity contribution in [2.24, 2.45) is 10.9 Å². The zero-order valence-corrected chi connectivity index (χ0v) is 12.7. The SMILES string of the molecule is COCc1ccccc1NC1=NCC(CC(C)C)S1. The Morgan fingerprint density at radius 1 is 1.42 bits per heavy atom. The molecule has 0 spiro atoms. The number of para-hydroxylation sites is 1. The highest BCUT2D eigenvalue weighted by Gasteiger charge is 2.20. The van der Waals surface area contributed by atoms with Gasteiger partial charge >= 0.3 is 0 Å². The maximum absolute atomic E-state index is 5.22. The molecule has 1 aliphatic rings. The molecule has 0 aliphatic carbocycles. The Morgan fingerprint density at radius 3 is 2.95 bits per heavy atom. The third kappa shape index (κ3) is 4.25. The maximum Gasteiger partial charge on any atom is 0.161 e. The Labute approximate surface area is 119 Å². The van der Waals surface area contributed by atoms with E-state index in [1.165, 1.54) is 12.0 Å². The molecule has 104 valence electrons. The number of thioether (sulfide) groups is 1. The first-order valence-electron chi connectivity index (χ1n) is 6.74. The van der Waals surface area contributed by atoms with Crippen LogP contribution in [0.2, 0.25) is 0 Å². The summed E-state index contributed by atoms with van der Waals surface area (Å²) < 4.78 is 5.22. The number of amidine groups is 1. The van der Waals surface area contributed by atoms with Crippen LogP contribution >= 0.6 is 11.8 Å². The molecule has 1 aliphatic heterocycles. The Bertz CT molecular complexity index is 446. The van der Waals surface area contributed by atoms with E-state index in [0.29, 0.717) is 11.9 Å². The van der Waals surface area contributed by atoms with Gasteiger partial charge in [0.1, 0.15) is 0 Å². The van der Waals surface area contributed by atoms with E-state index in [0.717, 1.165) is 23.3 Å². The van der Waals surface area contributed by atoms with E-state index in [2.05, 4.69) is 36.3 Å². The molecule has 0 fully saturated rings. The van der Waals surface area contributed by atoms with Crippen LogP contribution in [0.5, 0.6) is 0 Å². The Morgan fingerprint density at radius 2 is 2.21 bits per heavy atom. The van der Waals surface area contributed by atoms with Crippen LogP contribution in [0.4, 0.5) is 5.69 Å². The molecule has 4 heteroatoms. The van der Waals surface area contributed by atoms with Gasteiger partial charge in [0.15, 0.2) is 5.17 Å². The molecule has 0 bridgehead atoms. The first kappa shape index (κ1) is 14.4. The monoisotopic (exact) mass is 278 g/mol. The van der Waals surface area contributed by atoms with Gasteiger partial charge in [0.2, 0.25) is 0 Å². The lowest BCUT2D eigenvalue weighted by Crippen LogP contribution is -2.10. The van der Waals surface area contributed by atoms with Crippen molar-refractivity contribution >= 4 is 22.6 Å². The van der Waals surface area contributed by atoms with Crippen LogP contribution in [0.15, 0.2) is 29.3 Å². The molecule has 1 unspecified atom stereocenters. The van der Waals surface area contributed by atoms with E-state index in [1.54, 1.807) is 7.11 Å². The van der Waals surface area contributed by atoms with Crippen LogP contribution in [-0.2, 0) is 11.3 Å². The first-order valence-corrected chi connectivity index (χ1v) is 7.62. The topological polar surface area (TPSA) is 33.6 Å². The van der Waals surface area contributed by atoms with Gasteiger partial charge in [-0.2, -0.15) is 0 Å². The second kappa shape index (κ2) is 6.96. The molecule has 0 saturated heterocycles. The Kier molecular flexibility index (Phi) is 5.28. The minimum absolute atomic E-state index is 0.622. The van der Waals surface area contributed by atoms with Gasteiger partial charge < -0.3 is 10.1 Å². The molecule has 3 nitrogen and oxygen atoms in total. The molecule has 1 atom stereocenters. The van der Waals surface area contributed by atoms with E-state index in [4.69, 9.17) is 4.74 Å². The van der Waals surface area contributed by atoms with E-state index in [1.807, 2.05) is 23.9 Å². The van der Waals surface area contributed by atoms with Gasteiger partial charge in [0.05, 0.1) is 13.2 Å². The molecular weight excluding hydrogens is 256 g/mol. The number of hydrogen-bond donors (Lipinski definition) is 1. The van der Waals surface area contributed by atoms with Gasteiger partial charge in [-0.25, -0.2) is 0 Å². The number of hydrogen-bond acceptors (Lipinski definition) is 4. The van der Waals surface area contributed by atoms with Crippen molar-refractivity contribution in [1.29, 1.82) is 0 Å². The van der Waals surface area contributed by atoms with Crippen molar-refractivity contribution in [1.82, 2.24) is 0 Å². The predicted molar refractivity (Wildman–Crippen MR) is 83.9 cm³/mol. The third-order valence-electron chi connectivity index (χ3n) is 3.01. The minimum Gasteiger partial charge on any atom is -0.380 e. The van der Waals surface area contributed by atoms with Gasteiger partial charge in [-0.15, -0.1) is 0 Å². The normalized spacial score (nSPS) is 18.7. The van der Waals surface area contributed by atoms with Crippen molar-refractivity contribution in [3.63, 3.8) is 0 Å². The zero-order valence-electron chi connectivity index (χ0n) is 11.8. The summed E-state index contributed by atoms with van der Waals surface area (Å²) in [5.74, 6) is 0.729. The molecule has 19 heavy (non-hydrogen) atoms. The fourth-order valence-electron chi connectivity index (χ4n) is 2.17. The van der Waals surface area contributed by atoms with Crippen LogP contribution < -0.4 is 5.32 Å². The molecule has 0 amide bonds. The highest BCUT2D eigenvalue weighted by molar-refractivity contribution is 8.15. The van der Waals surface area contributed by atoms with Gasteiger partial charge in [0, 0.05) is 23.6 Å². The van der Waals surface area contributed by atoms with Crippen LogP contribution in [0.3, 0.4) is 0 Å². The summed E-state index contributed by atoms with van der Waals surface area (Å²) >= 11 is 1.86. The first-order chi connectivity index (χ1) is 9.19. The summed E-state index contributed by atoms with van der Waals surface area (Å²) in [6.07, 6.45) is 1.22. The van der Waals surface area contributed by atoms with Crippen molar-refractivity contribution in [3.8, 4) is 0 Å². The van der Waals surface area contributed by atoms with Crippen LogP contribution in [-0.4, -0.2) is 24.1 Å². The molecule has 2 rings (SSSR count). The standard InChI is InChI=1S/C15H22N2OS/c1-11(2)8-13-9-16-15(19-13)17-14-7-5-4-6-12(14)10-18-3/h4-7,11,13H,8-10H2,1-3H3,(H,16,17). The van der Waals surface area contributed by atoms with E-state index >= 15 is 0 Å². The lowest BCUT2D eigenvalue weighted by Gasteiger charge is -2.13. The van der Waals surface area contributed by atoms with E-state index in [-0.39, 0.29) is 0 Å². The fourth-order valence-corrected chi connectivity index (χ4v) is 3.44. The lowest BCUT2D eigenvalue weighted by molar-refractivity contribution is 0.185. The number of nitrogens with one attached hydrogen (secondary N) is 1. The smallest absolute Gasteiger partial charge is 0.161 e. The second-order valence-electron chi connectivity index (χ2n) is 5.23. The summed E-state index contributed by atoms with van der Waals surface area (Å²) in [6.45, 7) is 6.08. The number of methoxy groups -OCH3 is 1. The van der Waals surface area contributed by atoms with Gasteiger partial charge in [-0.05, 0) is 18.4 Å². The quantitative estimate of drug-likeness (QED) is 0.890. The summed E-state index contributed by atoms with van der Waals surface area (Å²) in [5, 5.41) is 5.09.